The lowest BCUT2D eigenvalue weighted by molar-refractivity contribution is -0.144. The Morgan fingerprint density at radius 1 is 0.920 bits per heavy atom. The molecule has 0 spiro atoms. The summed E-state index contributed by atoms with van der Waals surface area (Å²) in [5.74, 6) is -1.15. The van der Waals surface area contributed by atoms with Crippen LogP contribution in [0.3, 0.4) is 0 Å². The van der Waals surface area contributed by atoms with E-state index in [1.807, 2.05) is 81.1 Å². The van der Waals surface area contributed by atoms with Crippen LogP contribution in [0.5, 0.6) is 5.75 Å². The van der Waals surface area contributed by atoms with Crippen molar-refractivity contribution in [3.05, 3.63) is 106 Å². The Bertz CT molecular complexity index is 2650. The van der Waals surface area contributed by atoms with Crippen molar-refractivity contribution in [3.8, 4) is 16.2 Å². The first-order chi connectivity index (χ1) is 36.1. The standard InChI is InChI=1S/C54H68ClFN8O9S2/c1-35-47(75-34-60-35)37-14-12-36(13-15-37)32-59-49(67)42-30-39(65)33-64(42)50(68)48(53(2,3)4)63-45(66)18-25-70-23-7-24-71-27-28-72-26-21-57-51(69)54(31-38-8-5-11-44(61-38)62-52-58-22-29-74-52)19-16-40(17-20-54)73-43-10-6-9-41(55)46(43)56/h5-6,8-15,22,29,34,39-40,42,48,65H,7,16-21,23-28,30-33H2,1-4H3,(H,57,69)(H,59,67)(H,63,66)(H,58,61,62)/t39-,40?,42+,48-,54?/m1/s1. The first-order valence-electron chi connectivity index (χ1n) is 25.4. The number of aliphatic hydroxyl groups is 1. The fourth-order valence-electron chi connectivity index (χ4n) is 9.18. The van der Waals surface area contributed by atoms with E-state index in [2.05, 4.69) is 31.2 Å². The molecule has 1 aliphatic heterocycles. The molecule has 4 amide bonds. The minimum Gasteiger partial charge on any atom is -0.487 e. The number of hydrogen-bond donors (Lipinski definition) is 5. The molecule has 2 aromatic carbocycles. The number of thiazole rings is 2. The minimum absolute atomic E-state index is 0.00775. The number of rotatable bonds is 26. The topological polar surface area (TPSA) is 215 Å². The van der Waals surface area contributed by atoms with E-state index in [9.17, 15) is 28.7 Å². The van der Waals surface area contributed by atoms with Crippen molar-refractivity contribution in [2.24, 2.45) is 10.8 Å². The highest BCUT2D eigenvalue weighted by Gasteiger charge is 2.45. The largest absolute Gasteiger partial charge is 0.487 e. The lowest BCUT2D eigenvalue weighted by Gasteiger charge is -2.39. The van der Waals surface area contributed by atoms with Crippen molar-refractivity contribution >= 4 is 68.9 Å². The van der Waals surface area contributed by atoms with Gasteiger partial charge in [0, 0.05) is 69.4 Å². The van der Waals surface area contributed by atoms with Crippen LogP contribution < -0.4 is 26.0 Å². The maximum absolute atomic E-state index is 14.7. The second kappa shape index (κ2) is 27.4. The molecule has 4 heterocycles. The quantitative estimate of drug-likeness (QED) is 0.0335. The number of β-amino-alcohol motifs (C(OH)–C–C–N with tert-alkyl or cyclic N) is 1. The van der Waals surface area contributed by atoms with Gasteiger partial charge in [-0.25, -0.2) is 19.3 Å². The van der Waals surface area contributed by atoms with Gasteiger partial charge in [-0.3, -0.25) is 19.2 Å². The summed E-state index contributed by atoms with van der Waals surface area (Å²) in [7, 11) is 0. The summed E-state index contributed by atoms with van der Waals surface area (Å²) in [6.07, 6.45) is 3.73. The van der Waals surface area contributed by atoms with Gasteiger partial charge in [-0.2, -0.15) is 0 Å². The highest BCUT2D eigenvalue weighted by atomic mass is 35.5. The number of carbonyl (C=O) groups excluding carboxylic acids is 4. The Kier molecular flexibility index (Phi) is 20.9. The second-order valence-electron chi connectivity index (χ2n) is 19.9. The maximum Gasteiger partial charge on any atom is 0.246 e. The van der Waals surface area contributed by atoms with Crippen LogP contribution in [-0.4, -0.2) is 126 Å². The highest BCUT2D eigenvalue weighted by molar-refractivity contribution is 7.13. The monoisotopic (exact) mass is 1090 g/mol. The maximum atomic E-state index is 14.7. The van der Waals surface area contributed by atoms with Crippen LogP contribution in [0, 0.1) is 23.6 Å². The summed E-state index contributed by atoms with van der Waals surface area (Å²) in [4.78, 5) is 70.5. The van der Waals surface area contributed by atoms with Crippen LogP contribution in [-0.2, 0) is 46.4 Å². The van der Waals surface area contributed by atoms with E-state index < -0.39 is 40.7 Å². The number of nitrogens with zero attached hydrogens (tertiary/aromatic N) is 4. The van der Waals surface area contributed by atoms with Crippen molar-refractivity contribution in [1.29, 1.82) is 0 Å². The summed E-state index contributed by atoms with van der Waals surface area (Å²) in [5.41, 5.74) is 3.99. The molecule has 1 saturated heterocycles. The Hall–Kier alpha value is -5.61. The fourth-order valence-corrected chi connectivity index (χ4v) is 10.7. The molecular formula is C54H68ClFN8O9S2. The number of hydrogen-bond acceptors (Lipinski definition) is 15. The molecule has 5 aromatic rings. The number of carbonyl (C=O) groups is 4. The molecule has 21 heteroatoms. The first kappa shape index (κ1) is 57.1. The molecule has 3 aromatic heterocycles. The summed E-state index contributed by atoms with van der Waals surface area (Å²) >= 11 is 9.03. The van der Waals surface area contributed by atoms with Gasteiger partial charge in [-0.05, 0) is 79.8 Å². The molecular weight excluding hydrogens is 1020 g/mol. The van der Waals surface area contributed by atoms with Gasteiger partial charge in [-0.15, -0.1) is 22.7 Å². The zero-order valence-corrected chi connectivity index (χ0v) is 45.3. The average molecular weight is 1090 g/mol. The van der Waals surface area contributed by atoms with Gasteiger partial charge < -0.3 is 50.2 Å². The summed E-state index contributed by atoms with van der Waals surface area (Å²) in [5, 5.41) is 25.3. The van der Waals surface area contributed by atoms with E-state index in [0.717, 1.165) is 27.4 Å². The Morgan fingerprint density at radius 3 is 2.36 bits per heavy atom. The molecule has 3 atom stereocenters. The van der Waals surface area contributed by atoms with Crippen molar-refractivity contribution in [3.63, 3.8) is 0 Å². The predicted octanol–water partition coefficient (Wildman–Crippen LogP) is 7.81. The number of halogens is 2. The molecule has 75 heavy (non-hydrogen) atoms. The number of anilines is 2. The number of aryl methyl sites for hydroxylation is 1. The second-order valence-corrected chi connectivity index (χ2v) is 22.1. The molecule has 1 saturated carbocycles. The van der Waals surface area contributed by atoms with Gasteiger partial charge >= 0.3 is 0 Å². The van der Waals surface area contributed by atoms with Crippen molar-refractivity contribution < 1.29 is 47.6 Å². The number of aromatic nitrogens is 3. The number of likely N-dealkylation sites (tertiary alicyclic amines) is 1. The predicted molar refractivity (Wildman–Crippen MR) is 286 cm³/mol. The Morgan fingerprint density at radius 2 is 1.65 bits per heavy atom. The first-order valence-corrected chi connectivity index (χ1v) is 27.5. The lowest BCUT2D eigenvalue weighted by atomic mass is 9.69. The lowest BCUT2D eigenvalue weighted by Crippen LogP contribution is -2.57. The third-order valence-corrected chi connectivity index (χ3v) is 15.2. The molecule has 2 aliphatic rings. The van der Waals surface area contributed by atoms with Gasteiger partial charge in [0.2, 0.25) is 23.6 Å². The van der Waals surface area contributed by atoms with Crippen molar-refractivity contribution in [2.45, 2.75) is 110 Å². The van der Waals surface area contributed by atoms with Gasteiger partial charge in [0.15, 0.2) is 16.7 Å². The van der Waals surface area contributed by atoms with Crippen LogP contribution in [0.2, 0.25) is 5.02 Å². The van der Waals surface area contributed by atoms with Crippen LogP contribution in [0.15, 0.2) is 77.8 Å². The van der Waals surface area contributed by atoms with Crippen LogP contribution >= 0.6 is 34.3 Å². The third-order valence-electron chi connectivity index (χ3n) is 13.2. The average Bonchev–Trinajstić information content (AvgIpc) is 4.17. The van der Waals surface area contributed by atoms with Crippen LogP contribution in [0.25, 0.3) is 10.4 Å². The summed E-state index contributed by atoms with van der Waals surface area (Å²) < 4.78 is 37.9. The molecule has 0 unspecified atom stereocenters. The molecule has 2 fully saturated rings. The van der Waals surface area contributed by atoms with E-state index in [1.54, 1.807) is 29.7 Å². The van der Waals surface area contributed by atoms with Crippen LogP contribution in [0.1, 0.15) is 82.7 Å². The molecule has 17 nitrogen and oxygen atoms in total. The minimum atomic E-state index is -0.943. The molecule has 5 N–H and O–H groups in total. The van der Waals surface area contributed by atoms with E-state index >= 15 is 0 Å². The van der Waals surface area contributed by atoms with E-state index in [0.29, 0.717) is 82.4 Å². The Balaban J connectivity index is 0.772. The van der Waals surface area contributed by atoms with E-state index in [4.69, 9.17) is 35.5 Å². The van der Waals surface area contributed by atoms with Gasteiger partial charge in [0.05, 0.1) is 65.2 Å². The van der Waals surface area contributed by atoms with E-state index in [-0.39, 0.29) is 73.7 Å². The summed E-state index contributed by atoms with van der Waals surface area (Å²) in [6.45, 7) is 9.87. The SMILES string of the molecule is Cc1ncsc1-c1ccc(CNC(=O)[C@@H]2C[C@@H](O)CN2C(=O)[C@@H](NC(=O)CCOCCCOCCOCCNC(=O)C2(Cc3cccc(Nc4nccs4)n3)CCC(Oc3cccc(Cl)c3F)CC2)C(C)(C)C)cc1. The van der Waals surface area contributed by atoms with Gasteiger partial charge in [0.25, 0.3) is 0 Å². The number of amides is 4. The summed E-state index contributed by atoms with van der Waals surface area (Å²) in [6, 6.07) is 16.4. The smallest absolute Gasteiger partial charge is 0.246 e. The molecule has 1 aliphatic carbocycles. The number of benzene rings is 2. The fraction of sp³-hybridized carbons (Fsp3) is 0.500. The molecule has 0 bridgehead atoms. The van der Waals surface area contributed by atoms with Crippen molar-refractivity contribution in [1.82, 2.24) is 35.8 Å². The van der Waals surface area contributed by atoms with Crippen LogP contribution in [0.4, 0.5) is 15.3 Å². The van der Waals surface area contributed by atoms with Gasteiger partial charge in [0.1, 0.15) is 17.9 Å². The Labute approximate surface area is 450 Å². The highest BCUT2D eigenvalue weighted by Crippen LogP contribution is 2.41. The van der Waals surface area contributed by atoms with Gasteiger partial charge in [-0.1, -0.05) is 68.8 Å². The number of nitrogens with one attached hydrogen (secondary N) is 4. The molecule has 404 valence electrons. The number of aliphatic hydroxyl groups excluding tert-OH is 1. The number of pyridine rings is 1. The van der Waals surface area contributed by atoms with E-state index in [1.165, 1.54) is 22.3 Å². The molecule has 7 rings (SSSR count). The number of ether oxygens (including phenoxy) is 4. The zero-order chi connectivity index (χ0) is 53.4. The normalized spacial score (nSPS) is 19.1. The zero-order valence-electron chi connectivity index (χ0n) is 42.9. The molecule has 0 radical (unpaired) electrons. The third kappa shape index (κ3) is 16.4. The van der Waals surface area contributed by atoms with Crippen molar-refractivity contribution in [2.75, 3.05) is 58.0 Å².